The van der Waals surface area contributed by atoms with Gasteiger partial charge >= 0.3 is 0 Å². The maximum absolute atomic E-state index is 13.2. The second-order valence-corrected chi connectivity index (χ2v) is 7.16. The molecular formula is C13H18F2N2O2S. The van der Waals surface area contributed by atoms with E-state index >= 15 is 0 Å². The molecule has 0 heterocycles. The number of nitrogens with zero attached hydrogens (tertiary/aromatic N) is 1. The topological polar surface area (TPSA) is 63.4 Å². The molecule has 7 heteroatoms. The first kappa shape index (κ1) is 15.3. The van der Waals surface area contributed by atoms with Gasteiger partial charge in [0.15, 0.2) is 11.6 Å². The molecule has 1 aliphatic carbocycles. The molecule has 2 N–H and O–H groups in total. The Morgan fingerprint density at radius 1 is 1.15 bits per heavy atom. The Balaban J connectivity index is 2.23. The largest absolute Gasteiger partial charge is 0.328 e. The second-order valence-electron chi connectivity index (χ2n) is 5.17. The van der Waals surface area contributed by atoms with Gasteiger partial charge in [-0.25, -0.2) is 17.2 Å². The van der Waals surface area contributed by atoms with E-state index in [9.17, 15) is 17.2 Å². The zero-order chi connectivity index (χ0) is 14.9. The Hall–Kier alpha value is -1.05. The van der Waals surface area contributed by atoms with Crippen LogP contribution in [-0.2, 0) is 10.0 Å². The van der Waals surface area contributed by atoms with E-state index in [0.717, 1.165) is 31.0 Å². The van der Waals surface area contributed by atoms with Crippen molar-refractivity contribution in [2.75, 3.05) is 7.05 Å². The summed E-state index contributed by atoms with van der Waals surface area (Å²) in [6, 6.07) is 2.60. The number of nitrogens with two attached hydrogens (primary N) is 1. The van der Waals surface area contributed by atoms with Crippen molar-refractivity contribution in [2.24, 2.45) is 5.73 Å². The van der Waals surface area contributed by atoms with Crippen LogP contribution in [0.4, 0.5) is 8.78 Å². The van der Waals surface area contributed by atoms with Gasteiger partial charge in [0.05, 0.1) is 4.90 Å². The van der Waals surface area contributed by atoms with E-state index in [1.807, 2.05) is 0 Å². The van der Waals surface area contributed by atoms with E-state index in [0.29, 0.717) is 12.8 Å². The Bertz CT molecular complexity index is 584. The molecule has 0 spiro atoms. The molecule has 1 fully saturated rings. The quantitative estimate of drug-likeness (QED) is 0.927. The molecular weight excluding hydrogens is 286 g/mol. The highest BCUT2D eigenvalue weighted by atomic mass is 32.2. The van der Waals surface area contributed by atoms with Crippen LogP contribution in [-0.4, -0.2) is 31.9 Å². The van der Waals surface area contributed by atoms with E-state index in [-0.39, 0.29) is 17.0 Å². The fraction of sp³-hybridized carbons (Fsp3) is 0.538. The minimum absolute atomic E-state index is 0.116. The predicted octanol–water partition coefficient (Wildman–Crippen LogP) is 1.86. The Kier molecular flexibility index (Phi) is 4.41. The van der Waals surface area contributed by atoms with E-state index in [2.05, 4.69) is 0 Å². The molecule has 0 amide bonds. The highest BCUT2D eigenvalue weighted by Gasteiger charge is 2.31. The molecule has 112 valence electrons. The van der Waals surface area contributed by atoms with E-state index in [4.69, 9.17) is 5.73 Å². The fourth-order valence-corrected chi connectivity index (χ4v) is 3.89. The van der Waals surface area contributed by atoms with Crippen molar-refractivity contribution in [1.29, 1.82) is 0 Å². The zero-order valence-electron chi connectivity index (χ0n) is 11.2. The third-order valence-corrected chi connectivity index (χ3v) is 5.73. The fourth-order valence-electron chi connectivity index (χ4n) is 2.47. The molecule has 1 aliphatic rings. The highest BCUT2D eigenvalue weighted by molar-refractivity contribution is 7.89. The summed E-state index contributed by atoms with van der Waals surface area (Å²) in [6.45, 7) is 0. The average molecular weight is 304 g/mol. The Labute approximate surface area is 117 Å². The third kappa shape index (κ3) is 2.99. The monoisotopic (exact) mass is 304 g/mol. The van der Waals surface area contributed by atoms with Crippen LogP contribution in [0.2, 0.25) is 0 Å². The van der Waals surface area contributed by atoms with Gasteiger partial charge in [-0.3, -0.25) is 0 Å². The number of halogens is 2. The summed E-state index contributed by atoms with van der Waals surface area (Å²) in [5, 5.41) is 0. The van der Waals surface area contributed by atoms with Crippen LogP contribution in [0.1, 0.15) is 25.7 Å². The first-order chi connectivity index (χ1) is 9.32. The van der Waals surface area contributed by atoms with Crippen molar-refractivity contribution in [3.8, 4) is 0 Å². The summed E-state index contributed by atoms with van der Waals surface area (Å²) in [7, 11) is -2.34. The SMILES string of the molecule is CN(C1CCC(N)CC1)S(=O)(=O)c1ccc(F)c(F)c1. The third-order valence-electron chi connectivity index (χ3n) is 3.82. The van der Waals surface area contributed by atoms with Crippen molar-refractivity contribution in [1.82, 2.24) is 4.31 Å². The van der Waals surface area contributed by atoms with Gasteiger partial charge < -0.3 is 5.73 Å². The van der Waals surface area contributed by atoms with Gasteiger partial charge in [-0.15, -0.1) is 0 Å². The van der Waals surface area contributed by atoms with Crippen LogP contribution >= 0.6 is 0 Å². The number of rotatable bonds is 3. The van der Waals surface area contributed by atoms with Crippen LogP contribution in [0.25, 0.3) is 0 Å². The summed E-state index contributed by atoms with van der Waals surface area (Å²) in [5.41, 5.74) is 5.79. The van der Waals surface area contributed by atoms with Crippen LogP contribution in [0.3, 0.4) is 0 Å². The summed E-state index contributed by atoms with van der Waals surface area (Å²) in [4.78, 5) is -0.228. The highest BCUT2D eigenvalue weighted by Crippen LogP contribution is 2.26. The maximum atomic E-state index is 13.2. The van der Waals surface area contributed by atoms with Gasteiger partial charge in [-0.05, 0) is 43.9 Å². The smallest absolute Gasteiger partial charge is 0.243 e. The molecule has 4 nitrogen and oxygen atoms in total. The minimum atomic E-state index is -3.81. The van der Waals surface area contributed by atoms with Crippen molar-refractivity contribution in [2.45, 2.75) is 42.7 Å². The molecule has 1 saturated carbocycles. The molecule has 2 rings (SSSR count). The number of hydrogen-bond acceptors (Lipinski definition) is 3. The normalized spacial score (nSPS) is 24.1. The predicted molar refractivity (Wildman–Crippen MR) is 71.5 cm³/mol. The van der Waals surface area contributed by atoms with Crippen molar-refractivity contribution in [3.63, 3.8) is 0 Å². The van der Waals surface area contributed by atoms with Gasteiger partial charge in [0, 0.05) is 19.1 Å². The molecule has 1 aromatic carbocycles. The maximum Gasteiger partial charge on any atom is 0.243 e. The first-order valence-corrected chi connectivity index (χ1v) is 7.95. The lowest BCUT2D eigenvalue weighted by molar-refractivity contribution is 0.268. The first-order valence-electron chi connectivity index (χ1n) is 6.51. The van der Waals surface area contributed by atoms with Gasteiger partial charge in [0.25, 0.3) is 0 Å². The molecule has 0 saturated heterocycles. The molecule has 0 aliphatic heterocycles. The minimum Gasteiger partial charge on any atom is -0.328 e. The van der Waals surface area contributed by atoms with Crippen LogP contribution in [0, 0.1) is 11.6 Å². The molecule has 20 heavy (non-hydrogen) atoms. The standard InChI is InChI=1S/C13H18F2N2O2S/c1-17(10-4-2-9(16)3-5-10)20(18,19)11-6-7-12(14)13(15)8-11/h6-10H,2-5,16H2,1H3. The molecule has 1 aromatic rings. The van der Waals surface area contributed by atoms with E-state index in [1.54, 1.807) is 0 Å². The van der Waals surface area contributed by atoms with E-state index < -0.39 is 21.7 Å². The van der Waals surface area contributed by atoms with Gasteiger partial charge in [-0.2, -0.15) is 4.31 Å². The van der Waals surface area contributed by atoms with Gasteiger partial charge in [-0.1, -0.05) is 0 Å². The summed E-state index contributed by atoms with van der Waals surface area (Å²) in [6.07, 6.45) is 2.89. The number of hydrogen-bond donors (Lipinski definition) is 1. The average Bonchev–Trinajstić information content (AvgIpc) is 2.41. The molecule has 0 atom stereocenters. The lowest BCUT2D eigenvalue weighted by Gasteiger charge is -2.32. The van der Waals surface area contributed by atoms with Crippen LogP contribution in [0.15, 0.2) is 23.1 Å². The summed E-state index contributed by atoms with van der Waals surface area (Å²) < 4.78 is 52.1. The van der Waals surface area contributed by atoms with Crippen molar-refractivity contribution >= 4 is 10.0 Å². The molecule has 0 unspecified atom stereocenters. The van der Waals surface area contributed by atoms with Crippen molar-refractivity contribution in [3.05, 3.63) is 29.8 Å². The zero-order valence-corrected chi connectivity index (χ0v) is 12.0. The lowest BCUT2D eigenvalue weighted by Crippen LogP contribution is -2.41. The summed E-state index contributed by atoms with van der Waals surface area (Å²) in [5.74, 6) is -2.22. The molecule has 0 aromatic heterocycles. The van der Waals surface area contributed by atoms with Crippen molar-refractivity contribution < 1.29 is 17.2 Å². The van der Waals surface area contributed by atoms with Crippen LogP contribution in [0.5, 0.6) is 0 Å². The summed E-state index contributed by atoms with van der Waals surface area (Å²) >= 11 is 0. The second kappa shape index (κ2) is 5.75. The van der Waals surface area contributed by atoms with Crippen LogP contribution < -0.4 is 5.73 Å². The lowest BCUT2D eigenvalue weighted by atomic mass is 9.92. The Morgan fingerprint density at radius 2 is 1.75 bits per heavy atom. The molecule has 0 bridgehead atoms. The van der Waals surface area contributed by atoms with Gasteiger partial charge in [0.1, 0.15) is 0 Å². The Morgan fingerprint density at radius 3 is 2.30 bits per heavy atom. The van der Waals surface area contributed by atoms with E-state index in [1.165, 1.54) is 11.4 Å². The number of benzene rings is 1. The molecule has 0 radical (unpaired) electrons. The number of sulfonamides is 1. The van der Waals surface area contributed by atoms with Gasteiger partial charge in [0.2, 0.25) is 10.0 Å².